The lowest BCUT2D eigenvalue weighted by Gasteiger charge is -2.45. The van der Waals surface area contributed by atoms with E-state index in [0.29, 0.717) is 0 Å². The maximum absolute atomic E-state index is 4.81. The minimum Gasteiger partial charge on any atom is -0.0874 e. The third kappa shape index (κ3) is 3.72. The van der Waals surface area contributed by atoms with Gasteiger partial charge in [0.05, 0.1) is 0 Å². The number of hydrogen-bond acceptors (Lipinski definition) is 0. The molecule has 4 aromatic carbocycles. The number of alkyl halides is 3. The molecule has 0 N–H and O–H groups in total. The lowest BCUT2D eigenvalue weighted by Crippen LogP contribution is -2.40. The van der Waals surface area contributed by atoms with Gasteiger partial charge in [0.2, 0.25) is 0 Å². The topological polar surface area (TPSA) is 0 Å². The van der Waals surface area contributed by atoms with Gasteiger partial charge in [0.15, 0.2) is 4.30 Å². The Kier molecular flexibility index (Phi) is 6.05. The molecular formula is C38H37Cl3. The molecular weight excluding hydrogens is 563 g/mol. The third-order valence-electron chi connectivity index (χ3n) is 13.2. The second-order valence-electron chi connectivity index (χ2n) is 14.2. The van der Waals surface area contributed by atoms with Crippen molar-refractivity contribution < 1.29 is 0 Å². The van der Waals surface area contributed by atoms with Gasteiger partial charge in [-0.2, -0.15) is 0 Å². The summed E-state index contributed by atoms with van der Waals surface area (Å²) in [6.07, 6.45) is 7.62. The van der Waals surface area contributed by atoms with Crippen LogP contribution in [0.1, 0.15) is 55.1 Å². The first-order valence-electron chi connectivity index (χ1n) is 16.0. The number of rotatable bonds is 2. The second kappa shape index (κ2) is 9.64. The molecule has 41 heavy (non-hydrogen) atoms. The highest BCUT2D eigenvalue weighted by atomic mass is 35.6. The molecule has 0 heterocycles. The summed E-state index contributed by atoms with van der Waals surface area (Å²) in [4.78, 5) is 0. The zero-order valence-corrected chi connectivity index (χ0v) is 25.5. The van der Waals surface area contributed by atoms with E-state index in [1.54, 1.807) is 17.5 Å². The van der Waals surface area contributed by atoms with Crippen LogP contribution in [0.15, 0.2) is 84.9 Å². The van der Waals surface area contributed by atoms with E-state index in [-0.39, 0.29) is 0 Å². The van der Waals surface area contributed by atoms with Gasteiger partial charge in [-0.05, 0) is 136 Å². The SMILES string of the molecule is ClC(Cl)Cl.c1ccc2cc(C3[C@H]4CC[C@@H]3[C@@H]3C5CC([C@@H]6[C@H]5[C@@H]5CC[C@H]6C5c5ccc6ccccc6c5)[C@@H]34)ccc2c1. The summed E-state index contributed by atoms with van der Waals surface area (Å²) in [7, 11) is 0. The summed E-state index contributed by atoms with van der Waals surface area (Å²) in [5.74, 6) is 11.8. The molecule has 4 aromatic rings. The summed E-state index contributed by atoms with van der Waals surface area (Å²) in [5, 5.41) is 5.71. The van der Waals surface area contributed by atoms with Crippen LogP contribution in [0.4, 0.5) is 0 Å². The van der Waals surface area contributed by atoms with E-state index in [9.17, 15) is 0 Å². The van der Waals surface area contributed by atoms with E-state index in [0.717, 1.165) is 71.0 Å². The van der Waals surface area contributed by atoms with Crippen molar-refractivity contribution in [1.29, 1.82) is 0 Å². The van der Waals surface area contributed by atoms with Crippen LogP contribution in [0.5, 0.6) is 0 Å². The fourth-order valence-corrected chi connectivity index (χ4v) is 12.7. The molecule has 6 aliphatic carbocycles. The monoisotopic (exact) mass is 598 g/mol. The van der Waals surface area contributed by atoms with Crippen molar-refractivity contribution in [3.05, 3.63) is 96.1 Å². The number of halogens is 3. The van der Waals surface area contributed by atoms with Crippen LogP contribution in [0, 0.1) is 59.2 Å². The Morgan fingerprint density at radius 3 is 1.15 bits per heavy atom. The van der Waals surface area contributed by atoms with Crippen molar-refractivity contribution in [1.82, 2.24) is 0 Å². The molecule has 0 nitrogen and oxygen atoms in total. The van der Waals surface area contributed by atoms with Crippen molar-refractivity contribution in [2.45, 2.75) is 48.2 Å². The van der Waals surface area contributed by atoms with Gasteiger partial charge >= 0.3 is 0 Å². The highest BCUT2D eigenvalue weighted by Crippen LogP contribution is 2.80. The number of fused-ring (bicyclic) bond motifs is 18. The normalized spacial score (nSPS) is 40.8. The Morgan fingerprint density at radius 2 is 0.780 bits per heavy atom. The summed E-state index contributed by atoms with van der Waals surface area (Å²) < 4.78 is -0.750. The van der Waals surface area contributed by atoms with Crippen molar-refractivity contribution in [3.8, 4) is 0 Å². The first kappa shape index (κ1) is 25.7. The fraction of sp³-hybridized carbons (Fsp3) is 0.474. The van der Waals surface area contributed by atoms with Crippen LogP contribution in [0.25, 0.3) is 21.5 Å². The van der Waals surface area contributed by atoms with Gasteiger partial charge in [-0.15, -0.1) is 0 Å². The maximum Gasteiger partial charge on any atom is 0.180 e. The summed E-state index contributed by atoms with van der Waals surface area (Å²) in [5.41, 5.74) is 3.37. The van der Waals surface area contributed by atoms with E-state index in [1.807, 2.05) is 0 Å². The number of benzene rings is 4. The molecule has 6 bridgehead atoms. The van der Waals surface area contributed by atoms with Crippen LogP contribution in [0.2, 0.25) is 0 Å². The lowest BCUT2D eigenvalue weighted by atomic mass is 9.60. The first-order valence-corrected chi connectivity index (χ1v) is 17.3. The molecule has 210 valence electrons. The van der Waals surface area contributed by atoms with E-state index >= 15 is 0 Å². The molecule has 4 unspecified atom stereocenters. The molecule has 6 aliphatic rings. The standard InChI is InChI=1S/C37H36.CHCl3/c1-3-7-22-17-24(11-9-20(22)5-1)32-26-13-14-27(32)35-31-19-30(34(26)35)36-28-15-16-29(37(31)36)33(28)25-12-10-21-6-2-4-8-23(21)18-25;2-1(3)4/h1-12,17-18,26-37H,13-16,19H2;1H/t26-,27+,28+,29-,30?,31?,32?,33?,34+,35-,36-,37+;. The smallest absolute Gasteiger partial charge is 0.0874 e. The molecule has 3 heteroatoms. The molecule has 10 rings (SSSR count). The largest absolute Gasteiger partial charge is 0.180 e. The van der Waals surface area contributed by atoms with Gasteiger partial charge in [0.1, 0.15) is 0 Å². The Bertz CT molecular complexity index is 1470. The molecule has 12 atom stereocenters. The average molecular weight is 600 g/mol. The Morgan fingerprint density at radius 1 is 0.439 bits per heavy atom. The van der Waals surface area contributed by atoms with Crippen LogP contribution in [-0.2, 0) is 0 Å². The van der Waals surface area contributed by atoms with Crippen molar-refractivity contribution in [2.75, 3.05) is 0 Å². The minimum atomic E-state index is -0.750. The quantitative estimate of drug-likeness (QED) is 0.159. The Hall–Kier alpha value is -1.73. The van der Waals surface area contributed by atoms with Gasteiger partial charge in [0, 0.05) is 0 Å². The molecule has 0 amide bonds. The van der Waals surface area contributed by atoms with Crippen molar-refractivity contribution >= 4 is 56.3 Å². The predicted octanol–water partition coefficient (Wildman–Crippen LogP) is 11.0. The zero-order valence-electron chi connectivity index (χ0n) is 23.3. The molecule has 6 saturated carbocycles. The van der Waals surface area contributed by atoms with Crippen molar-refractivity contribution in [3.63, 3.8) is 0 Å². The van der Waals surface area contributed by atoms with E-state index in [4.69, 9.17) is 34.8 Å². The van der Waals surface area contributed by atoms with Gasteiger partial charge < -0.3 is 0 Å². The fourth-order valence-electron chi connectivity index (χ4n) is 12.7. The van der Waals surface area contributed by atoms with Crippen LogP contribution in [0.3, 0.4) is 0 Å². The van der Waals surface area contributed by atoms with Crippen LogP contribution < -0.4 is 0 Å². The van der Waals surface area contributed by atoms with E-state index in [1.165, 1.54) is 47.2 Å². The zero-order chi connectivity index (χ0) is 27.4. The van der Waals surface area contributed by atoms with E-state index in [2.05, 4.69) is 84.9 Å². The second-order valence-corrected chi connectivity index (χ2v) is 16.2. The van der Waals surface area contributed by atoms with Gasteiger partial charge in [-0.25, -0.2) is 0 Å². The lowest BCUT2D eigenvalue weighted by molar-refractivity contribution is 0.0263. The Labute approximate surface area is 258 Å². The van der Waals surface area contributed by atoms with Gasteiger partial charge in [0.25, 0.3) is 0 Å². The summed E-state index contributed by atoms with van der Waals surface area (Å²) >= 11 is 14.4. The molecule has 0 spiro atoms. The summed E-state index contributed by atoms with van der Waals surface area (Å²) in [6.45, 7) is 0. The third-order valence-corrected chi connectivity index (χ3v) is 13.2. The van der Waals surface area contributed by atoms with Gasteiger partial charge in [-0.3, -0.25) is 0 Å². The highest BCUT2D eigenvalue weighted by Gasteiger charge is 2.73. The molecule has 0 aromatic heterocycles. The molecule has 0 aliphatic heterocycles. The molecule has 0 radical (unpaired) electrons. The Balaban J connectivity index is 0.000000567. The predicted molar refractivity (Wildman–Crippen MR) is 173 cm³/mol. The number of hydrogen-bond donors (Lipinski definition) is 0. The highest BCUT2D eigenvalue weighted by molar-refractivity contribution is 6.63. The van der Waals surface area contributed by atoms with Gasteiger partial charge in [-0.1, -0.05) is 120 Å². The maximum atomic E-state index is 4.81. The summed E-state index contributed by atoms with van der Waals surface area (Å²) in [6, 6.07) is 33.0. The minimum absolute atomic E-state index is 0.750. The first-order chi connectivity index (χ1) is 20.1. The van der Waals surface area contributed by atoms with Crippen LogP contribution >= 0.6 is 34.8 Å². The van der Waals surface area contributed by atoms with Crippen LogP contribution in [-0.4, -0.2) is 4.30 Å². The molecule has 0 saturated heterocycles. The van der Waals surface area contributed by atoms with E-state index < -0.39 is 4.30 Å². The average Bonchev–Trinajstić information content (AvgIpc) is 3.83. The molecule has 6 fully saturated rings. The van der Waals surface area contributed by atoms with Crippen molar-refractivity contribution in [2.24, 2.45) is 59.2 Å².